The lowest BCUT2D eigenvalue weighted by atomic mass is 10.4. The van der Waals surface area contributed by atoms with Gasteiger partial charge in [0.05, 0.1) is 5.69 Å². The molecule has 0 saturated heterocycles. The number of hydrogen-bond donors (Lipinski definition) is 0. The second-order valence-corrected chi connectivity index (χ2v) is 3.30. The molecule has 2 aromatic rings. The van der Waals surface area contributed by atoms with Crippen LogP contribution in [0.1, 0.15) is 0 Å². The molecule has 0 aromatic carbocycles. The molecule has 2 rings (SSSR count). The predicted molar refractivity (Wildman–Crippen MR) is 47.1 cm³/mol. The first-order valence-electron chi connectivity index (χ1n) is 3.25. The number of aryl methyl sites for hydroxylation is 1. The molecule has 0 atom stereocenters. The molecule has 2 heterocycles. The van der Waals surface area contributed by atoms with Crippen molar-refractivity contribution in [2.75, 3.05) is 0 Å². The summed E-state index contributed by atoms with van der Waals surface area (Å²) in [6, 6.07) is 1.87. The van der Waals surface area contributed by atoms with E-state index in [4.69, 9.17) is 11.6 Å². The third-order valence-corrected chi connectivity index (χ3v) is 2.45. The highest BCUT2D eigenvalue weighted by Crippen LogP contribution is 2.21. The molecule has 0 unspecified atom stereocenters. The summed E-state index contributed by atoms with van der Waals surface area (Å²) in [6.45, 7) is 0. The van der Waals surface area contributed by atoms with Crippen molar-refractivity contribution >= 4 is 23.1 Å². The van der Waals surface area contributed by atoms with Crippen LogP contribution in [0.5, 0.6) is 0 Å². The van der Waals surface area contributed by atoms with Crippen LogP contribution in [0.3, 0.4) is 0 Å². The van der Waals surface area contributed by atoms with Crippen LogP contribution in [0.4, 0.5) is 0 Å². The third kappa shape index (κ3) is 1.21. The molecule has 4 nitrogen and oxygen atoms in total. The average molecular weight is 201 g/mol. The van der Waals surface area contributed by atoms with Crippen molar-refractivity contribution in [3.05, 3.63) is 17.5 Å². The Hall–Kier alpha value is -0.940. The Morgan fingerprint density at radius 2 is 2.42 bits per heavy atom. The smallest absolute Gasteiger partial charge is 0.234 e. The third-order valence-electron chi connectivity index (χ3n) is 1.44. The van der Waals surface area contributed by atoms with E-state index in [1.165, 1.54) is 11.5 Å². The van der Waals surface area contributed by atoms with Crippen LogP contribution >= 0.6 is 23.1 Å². The highest BCUT2D eigenvalue weighted by Gasteiger charge is 2.07. The van der Waals surface area contributed by atoms with Crippen LogP contribution in [0.2, 0.25) is 5.28 Å². The summed E-state index contributed by atoms with van der Waals surface area (Å²) in [6.07, 6.45) is 1.71. The first-order chi connectivity index (χ1) is 5.77. The Bertz CT molecular complexity index is 394. The molecule has 0 radical (unpaired) electrons. The van der Waals surface area contributed by atoms with E-state index in [1.807, 2.05) is 13.1 Å². The largest absolute Gasteiger partial charge is 0.265 e. The van der Waals surface area contributed by atoms with Crippen LogP contribution < -0.4 is 0 Å². The molecule has 2 aromatic heterocycles. The van der Waals surface area contributed by atoms with E-state index in [-0.39, 0.29) is 5.28 Å². The maximum absolute atomic E-state index is 5.59. The first-order valence-corrected chi connectivity index (χ1v) is 4.40. The van der Waals surface area contributed by atoms with Gasteiger partial charge in [0.25, 0.3) is 0 Å². The van der Waals surface area contributed by atoms with Gasteiger partial charge in [-0.05, 0) is 29.2 Å². The fourth-order valence-electron chi connectivity index (χ4n) is 0.893. The highest BCUT2D eigenvalue weighted by molar-refractivity contribution is 7.09. The molecule has 0 saturated carbocycles. The molecule has 0 N–H and O–H groups in total. The topological polar surface area (TPSA) is 43.6 Å². The van der Waals surface area contributed by atoms with Crippen molar-refractivity contribution in [1.82, 2.24) is 19.1 Å². The van der Waals surface area contributed by atoms with Gasteiger partial charge in [0.2, 0.25) is 5.28 Å². The number of rotatable bonds is 1. The van der Waals surface area contributed by atoms with Gasteiger partial charge >= 0.3 is 0 Å². The van der Waals surface area contributed by atoms with Crippen LogP contribution in [0.25, 0.3) is 10.7 Å². The zero-order valence-corrected chi connectivity index (χ0v) is 7.80. The first kappa shape index (κ1) is 7.70. The molecule has 6 heteroatoms. The summed E-state index contributed by atoms with van der Waals surface area (Å²) in [4.78, 5) is 4.03. The normalized spacial score (nSPS) is 10.5. The van der Waals surface area contributed by atoms with Crippen molar-refractivity contribution < 1.29 is 0 Å². The summed E-state index contributed by atoms with van der Waals surface area (Å²) in [5.74, 6) is 0. The highest BCUT2D eigenvalue weighted by atomic mass is 35.5. The maximum Gasteiger partial charge on any atom is 0.234 e. The number of aromatic nitrogens is 4. The molecular formula is C6H5ClN4S. The van der Waals surface area contributed by atoms with E-state index >= 15 is 0 Å². The van der Waals surface area contributed by atoms with Crippen LogP contribution in [0.15, 0.2) is 12.3 Å². The summed E-state index contributed by atoms with van der Waals surface area (Å²) < 4.78 is 5.60. The van der Waals surface area contributed by atoms with Gasteiger partial charge in [-0.2, -0.15) is 9.47 Å². The zero-order chi connectivity index (χ0) is 8.55. The van der Waals surface area contributed by atoms with Gasteiger partial charge in [-0.25, -0.2) is 4.98 Å². The lowest BCUT2D eigenvalue weighted by Gasteiger charge is -1.93. The fraction of sp³-hybridized carbons (Fsp3) is 0.167. The van der Waals surface area contributed by atoms with E-state index < -0.39 is 0 Å². The summed E-state index contributed by atoms with van der Waals surface area (Å²) in [7, 11) is 1.85. The van der Waals surface area contributed by atoms with Gasteiger partial charge in [-0.3, -0.25) is 4.68 Å². The molecule has 0 aliphatic heterocycles. The molecule has 12 heavy (non-hydrogen) atoms. The van der Waals surface area contributed by atoms with Crippen LogP contribution in [0, 0.1) is 0 Å². The summed E-state index contributed by atoms with van der Waals surface area (Å²) in [5.41, 5.74) is 0.930. The fourth-order valence-corrected chi connectivity index (χ4v) is 1.75. The monoisotopic (exact) mass is 200 g/mol. The number of hydrogen-bond acceptors (Lipinski definition) is 4. The van der Waals surface area contributed by atoms with Gasteiger partial charge in [-0.15, -0.1) is 0 Å². The lowest BCUT2D eigenvalue weighted by molar-refractivity contribution is 0.775. The summed E-state index contributed by atoms with van der Waals surface area (Å²) in [5, 5.41) is 5.09. The van der Waals surface area contributed by atoms with Crippen molar-refractivity contribution in [2.24, 2.45) is 7.05 Å². The predicted octanol–water partition coefficient (Wildman–Crippen LogP) is 1.59. The number of halogens is 1. The van der Waals surface area contributed by atoms with Gasteiger partial charge in [0.1, 0.15) is 0 Å². The van der Waals surface area contributed by atoms with Crippen LogP contribution in [-0.2, 0) is 7.05 Å². The Labute approximate surface area is 78.0 Å². The minimum Gasteiger partial charge on any atom is -0.265 e. The molecule has 0 fully saturated rings. The Morgan fingerprint density at radius 3 is 2.92 bits per heavy atom. The molecule has 0 aliphatic rings. The number of nitrogens with zero attached hydrogens (tertiary/aromatic N) is 4. The van der Waals surface area contributed by atoms with Crippen molar-refractivity contribution in [1.29, 1.82) is 0 Å². The average Bonchev–Trinajstić information content (AvgIpc) is 2.58. The van der Waals surface area contributed by atoms with E-state index in [0.29, 0.717) is 0 Å². The van der Waals surface area contributed by atoms with E-state index in [1.54, 1.807) is 10.9 Å². The van der Waals surface area contributed by atoms with E-state index in [2.05, 4.69) is 14.5 Å². The molecule has 0 aliphatic carbocycles. The Balaban J connectivity index is 2.50. The van der Waals surface area contributed by atoms with E-state index in [9.17, 15) is 0 Å². The minimum absolute atomic E-state index is 0.288. The van der Waals surface area contributed by atoms with Gasteiger partial charge < -0.3 is 0 Å². The summed E-state index contributed by atoms with van der Waals surface area (Å²) >= 11 is 6.86. The molecule has 0 spiro atoms. The van der Waals surface area contributed by atoms with Gasteiger partial charge in [-0.1, -0.05) is 0 Å². The second-order valence-electron chi connectivity index (χ2n) is 2.21. The van der Waals surface area contributed by atoms with Crippen molar-refractivity contribution in [3.63, 3.8) is 0 Å². The quantitative estimate of drug-likeness (QED) is 0.702. The second kappa shape index (κ2) is 2.84. The SMILES string of the molecule is Cn1nccc1-c1nc(Cl)ns1. The molecule has 0 amide bonds. The van der Waals surface area contributed by atoms with Gasteiger partial charge in [0.15, 0.2) is 5.01 Å². The Morgan fingerprint density at radius 1 is 1.58 bits per heavy atom. The Kier molecular flexibility index (Phi) is 1.82. The molecular weight excluding hydrogens is 196 g/mol. The molecule has 0 bridgehead atoms. The standard InChI is InChI=1S/C6H5ClN4S/c1-11-4(2-3-8-11)5-9-6(7)10-12-5/h2-3H,1H3. The minimum atomic E-state index is 0.288. The van der Waals surface area contributed by atoms with Crippen molar-refractivity contribution in [2.45, 2.75) is 0 Å². The maximum atomic E-state index is 5.59. The lowest BCUT2D eigenvalue weighted by Crippen LogP contribution is -1.92. The van der Waals surface area contributed by atoms with Gasteiger partial charge in [0, 0.05) is 13.2 Å². The van der Waals surface area contributed by atoms with Crippen molar-refractivity contribution in [3.8, 4) is 10.7 Å². The van der Waals surface area contributed by atoms with Crippen LogP contribution in [-0.4, -0.2) is 19.1 Å². The molecule has 62 valence electrons. The zero-order valence-electron chi connectivity index (χ0n) is 6.23. The van der Waals surface area contributed by atoms with E-state index in [0.717, 1.165) is 10.7 Å².